The Morgan fingerprint density at radius 3 is 2.52 bits per heavy atom. The second-order valence-electron chi connectivity index (χ2n) is 6.65. The summed E-state index contributed by atoms with van der Waals surface area (Å²) in [5.74, 6) is 0.819. The van der Waals surface area contributed by atoms with Gasteiger partial charge in [0.2, 0.25) is 11.7 Å². The summed E-state index contributed by atoms with van der Waals surface area (Å²) in [4.78, 5) is 19.0. The number of hydrogen-bond acceptors (Lipinski definition) is 4. The van der Waals surface area contributed by atoms with E-state index in [2.05, 4.69) is 16.7 Å². The molecule has 0 saturated heterocycles. The van der Waals surface area contributed by atoms with Crippen LogP contribution in [-0.4, -0.2) is 27.5 Å². The molecule has 0 spiro atoms. The summed E-state index contributed by atoms with van der Waals surface area (Å²) in [5.41, 5.74) is 4.92. The first kappa shape index (κ1) is 18.6. The Bertz CT molecular complexity index is 958. The van der Waals surface area contributed by atoms with E-state index < -0.39 is 0 Å². The Morgan fingerprint density at radius 1 is 1.11 bits per heavy atom. The van der Waals surface area contributed by atoms with Gasteiger partial charge in [0, 0.05) is 17.7 Å². The van der Waals surface area contributed by atoms with E-state index in [0.717, 1.165) is 16.7 Å². The van der Waals surface area contributed by atoms with Crippen LogP contribution in [0.25, 0.3) is 11.4 Å². The number of aryl methyl sites for hydroxylation is 3. The monoisotopic (exact) mass is 361 g/mol. The number of hydrogen-bond donors (Lipinski definition) is 0. The molecule has 0 saturated carbocycles. The second kappa shape index (κ2) is 7.99. The fourth-order valence-electron chi connectivity index (χ4n) is 2.73. The number of amides is 1. The van der Waals surface area contributed by atoms with Crippen LogP contribution < -0.4 is 0 Å². The van der Waals surface area contributed by atoms with Gasteiger partial charge in [-0.15, -0.1) is 6.58 Å². The minimum absolute atomic E-state index is 0.0897. The lowest BCUT2D eigenvalue weighted by Crippen LogP contribution is -2.31. The number of nitrogens with zero attached hydrogens (tertiary/aromatic N) is 3. The van der Waals surface area contributed by atoms with Gasteiger partial charge < -0.3 is 9.42 Å². The van der Waals surface area contributed by atoms with Gasteiger partial charge in [0.15, 0.2) is 0 Å². The van der Waals surface area contributed by atoms with Gasteiger partial charge in [0.25, 0.3) is 5.91 Å². The van der Waals surface area contributed by atoms with Crippen LogP contribution in [0.5, 0.6) is 0 Å². The van der Waals surface area contributed by atoms with Crippen LogP contribution in [0.2, 0.25) is 0 Å². The molecule has 0 bridgehead atoms. The molecule has 3 rings (SSSR count). The lowest BCUT2D eigenvalue weighted by molar-refractivity contribution is 0.0745. The number of benzene rings is 2. The van der Waals surface area contributed by atoms with Crippen LogP contribution in [0.1, 0.15) is 32.9 Å². The minimum atomic E-state index is -0.0897. The summed E-state index contributed by atoms with van der Waals surface area (Å²) in [6, 6.07) is 13.6. The molecular weight excluding hydrogens is 338 g/mol. The first-order chi connectivity index (χ1) is 13.0. The third kappa shape index (κ3) is 4.31. The molecule has 0 unspecified atom stereocenters. The van der Waals surface area contributed by atoms with E-state index in [1.165, 1.54) is 5.56 Å². The van der Waals surface area contributed by atoms with Crippen molar-refractivity contribution in [3.8, 4) is 11.4 Å². The fourth-order valence-corrected chi connectivity index (χ4v) is 2.73. The molecule has 1 aromatic heterocycles. The van der Waals surface area contributed by atoms with Gasteiger partial charge >= 0.3 is 0 Å². The van der Waals surface area contributed by atoms with Crippen LogP contribution in [0.3, 0.4) is 0 Å². The summed E-state index contributed by atoms with van der Waals surface area (Å²) in [5, 5.41) is 4.04. The van der Waals surface area contributed by atoms with Crippen molar-refractivity contribution in [1.29, 1.82) is 0 Å². The first-order valence-corrected chi connectivity index (χ1v) is 8.85. The van der Waals surface area contributed by atoms with Crippen LogP contribution >= 0.6 is 0 Å². The summed E-state index contributed by atoms with van der Waals surface area (Å²) in [7, 11) is 0. The molecule has 0 aliphatic carbocycles. The van der Waals surface area contributed by atoms with E-state index >= 15 is 0 Å². The predicted molar refractivity (Wildman–Crippen MR) is 105 cm³/mol. The number of rotatable bonds is 6. The molecule has 3 aromatic rings. The third-order valence-electron chi connectivity index (χ3n) is 4.49. The largest absolute Gasteiger partial charge is 0.337 e. The molecule has 5 heteroatoms. The highest BCUT2D eigenvalue weighted by Crippen LogP contribution is 2.18. The molecule has 5 nitrogen and oxygen atoms in total. The topological polar surface area (TPSA) is 59.2 Å². The molecule has 138 valence electrons. The molecule has 0 fully saturated rings. The maximum Gasteiger partial charge on any atom is 0.254 e. The van der Waals surface area contributed by atoms with Crippen molar-refractivity contribution in [3.05, 3.63) is 83.3 Å². The minimum Gasteiger partial charge on any atom is -0.337 e. The fraction of sp³-hybridized carbons (Fsp3) is 0.227. The summed E-state index contributed by atoms with van der Waals surface area (Å²) >= 11 is 0. The molecule has 27 heavy (non-hydrogen) atoms. The number of carbonyl (C=O) groups excluding carboxylic acids is 1. The second-order valence-corrected chi connectivity index (χ2v) is 6.65. The lowest BCUT2D eigenvalue weighted by Gasteiger charge is -2.19. The van der Waals surface area contributed by atoms with E-state index in [1.807, 2.05) is 63.2 Å². The number of carbonyl (C=O) groups is 1. The summed E-state index contributed by atoms with van der Waals surface area (Å²) < 4.78 is 5.37. The van der Waals surface area contributed by atoms with Gasteiger partial charge in [-0.1, -0.05) is 47.1 Å². The average molecular weight is 361 g/mol. The molecule has 2 aromatic carbocycles. The Balaban J connectivity index is 1.80. The highest BCUT2D eigenvalue weighted by molar-refractivity contribution is 5.94. The maximum absolute atomic E-state index is 12.9. The van der Waals surface area contributed by atoms with Gasteiger partial charge in [-0.3, -0.25) is 4.79 Å². The van der Waals surface area contributed by atoms with Crippen LogP contribution in [0, 0.1) is 20.8 Å². The van der Waals surface area contributed by atoms with Gasteiger partial charge in [0.05, 0.1) is 0 Å². The molecule has 0 aliphatic heterocycles. The standard InChI is InChI=1S/C22H23N3O2/c1-5-12-25(22(26)19-11-8-16(3)17(4)13-19)14-20-23-21(24-27-20)18-9-6-15(2)7-10-18/h5-11,13H,1,12,14H2,2-4H3. The Hall–Kier alpha value is -3.21. The number of aromatic nitrogens is 2. The maximum atomic E-state index is 12.9. The van der Waals surface area contributed by atoms with Crippen molar-refractivity contribution in [3.63, 3.8) is 0 Å². The molecule has 0 atom stereocenters. The molecule has 0 aliphatic rings. The van der Waals surface area contributed by atoms with E-state index in [-0.39, 0.29) is 12.5 Å². The van der Waals surface area contributed by atoms with Gasteiger partial charge in [-0.25, -0.2) is 0 Å². The smallest absolute Gasteiger partial charge is 0.254 e. The van der Waals surface area contributed by atoms with Crippen LogP contribution in [0.15, 0.2) is 59.6 Å². The third-order valence-corrected chi connectivity index (χ3v) is 4.49. The van der Waals surface area contributed by atoms with E-state index in [1.54, 1.807) is 11.0 Å². The molecule has 1 heterocycles. The van der Waals surface area contributed by atoms with Gasteiger partial charge in [0.1, 0.15) is 6.54 Å². The average Bonchev–Trinajstić information content (AvgIpc) is 3.12. The quantitative estimate of drug-likeness (QED) is 0.607. The van der Waals surface area contributed by atoms with Crippen LogP contribution in [0.4, 0.5) is 0 Å². The predicted octanol–water partition coefficient (Wildman–Crippen LogP) is 4.49. The zero-order chi connectivity index (χ0) is 19.4. The van der Waals surface area contributed by atoms with E-state index in [9.17, 15) is 4.79 Å². The highest BCUT2D eigenvalue weighted by Gasteiger charge is 2.19. The SMILES string of the molecule is C=CCN(Cc1nc(-c2ccc(C)cc2)no1)C(=O)c1ccc(C)c(C)c1. The van der Waals surface area contributed by atoms with Crippen molar-refractivity contribution in [2.75, 3.05) is 6.54 Å². The molecular formula is C22H23N3O2. The van der Waals surface area contributed by atoms with E-state index in [0.29, 0.717) is 23.8 Å². The Kier molecular flexibility index (Phi) is 5.50. The Morgan fingerprint density at radius 2 is 1.85 bits per heavy atom. The first-order valence-electron chi connectivity index (χ1n) is 8.85. The Labute approximate surface area is 159 Å². The van der Waals surface area contributed by atoms with Gasteiger partial charge in [-0.05, 0) is 44.0 Å². The van der Waals surface area contributed by atoms with E-state index in [4.69, 9.17) is 4.52 Å². The van der Waals surface area contributed by atoms with Crippen molar-refractivity contribution in [2.24, 2.45) is 0 Å². The highest BCUT2D eigenvalue weighted by atomic mass is 16.5. The van der Waals surface area contributed by atoms with Crippen molar-refractivity contribution in [2.45, 2.75) is 27.3 Å². The van der Waals surface area contributed by atoms with Crippen molar-refractivity contribution in [1.82, 2.24) is 15.0 Å². The zero-order valence-electron chi connectivity index (χ0n) is 15.9. The zero-order valence-corrected chi connectivity index (χ0v) is 15.9. The van der Waals surface area contributed by atoms with Gasteiger partial charge in [-0.2, -0.15) is 4.98 Å². The van der Waals surface area contributed by atoms with Crippen molar-refractivity contribution >= 4 is 5.91 Å². The molecule has 0 N–H and O–H groups in total. The molecule has 0 radical (unpaired) electrons. The molecule has 1 amide bonds. The van der Waals surface area contributed by atoms with Crippen molar-refractivity contribution < 1.29 is 9.32 Å². The normalized spacial score (nSPS) is 10.6. The summed E-state index contributed by atoms with van der Waals surface area (Å²) in [6.45, 7) is 10.4. The lowest BCUT2D eigenvalue weighted by atomic mass is 10.1. The summed E-state index contributed by atoms with van der Waals surface area (Å²) in [6.07, 6.45) is 1.69. The van der Waals surface area contributed by atoms with Crippen LogP contribution in [-0.2, 0) is 6.54 Å².